The highest BCUT2D eigenvalue weighted by Gasteiger charge is 2.19. The average Bonchev–Trinajstić information content (AvgIpc) is 2.73. The van der Waals surface area contributed by atoms with Crippen molar-refractivity contribution in [3.8, 4) is 0 Å². The minimum absolute atomic E-state index is 0.0406. The van der Waals surface area contributed by atoms with Gasteiger partial charge in [-0.05, 0) is 26.2 Å². The predicted octanol–water partition coefficient (Wildman–Crippen LogP) is 0.958. The molecule has 1 heterocycles. The minimum atomic E-state index is -0.394. The molecule has 0 saturated carbocycles. The first-order chi connectivity index (χ1) is 8.13. The zero-order chi connectivity index (χ0) is 12.4. The van der Waals surface area contributed by atoms with Crippen LogP contribution in [0.4, 0.5) is 0 Å². The van der Waals surface area contributed by atoms with Gasteiger partial charge < -0.3 is 4.74 Å². The summed E-state index contributed by atoms with van der Waals surface area (Å²) >= 11 is 5.11. The molecule has 6 heteroatoms. The third-order valence-electron chi connectivity index (χ3n) is 2.85. The zero-order valence-corrected chi connectivity index (χ0v) is 10.4. The van der Waals surface area contributed by atoms with Gasteiger partial charge in [0.2, 0.25) is 0 Å². The van der Waals surface area contributed by atoms with Crippen LogP contribution in [-0.2, 0) is 28.9 Å². The summed E-state index contributed by atoms with van der Waals surface area (Å²) in [5, 5.41) is 0. The molecular weight excluding hydrogens is 240 g/mol. The van der Waals surface area contributed by atoms with Crippen LogP contribution in [0.25, 0.3) is 0 Å². The molecule has 1 aromatic heterocycles. The van der Waals surface area contributed by atoms with Gasteiger partial charge in [-0.3, -0.25) is 14.3 Å². The lowest BCUT2D eigenvalue weighted by Crippen LogP contribution is -2.30. The Balaban J connectivity index is 2.41. The molecule has 17 heavy (non-hydrogen) atoms. The van der Waals surface area contributed by atoms with E-state index >= 15 is 0 Å². The number of rotatable bonds is 3. The maximum Gasteiger partial charge on any atom is 0.327 e. The molecule has 1 N–H and O–H groups in total. The van der Waals surface area contributed by atoms with Crippen LogP contribution in [0.1, 0.15) is 24.6 Å². The average molecular weight is 254 g/mol. The maximum absolute atomic E-state index is 11.8. The molecule has 0 spiro atoms. The Morgan fingerprint density at radius 1 is 1.53 bits per heavy atom. The van der Waals surface area contributed by atoms with E-state index < -0.39 is 5.97 Å². The van der Waals surface area contributed by atoms with Crippen molar-refractivity contribution in [3.05, 3.63) is 26.4 Å². The van der Waals surface area contributed by atoms with Gasteiger partial charge in [0.25, 0.3) is 0 Å². The first-order valence-corrected chi connectivity index (χ1v) is 6.04. The smallest absolute Gasteiger partial charge is 0.327 e. The van der Waals surface area contributed by atoms with Crippen molar-refractivity contribution in [1.29, 1.82) is 0 Å². The van der Waals surface area contributed by atoms with E-state index in [4.69, 9.17) is 17.0 Å². The third-order valence-corrected chi connectivity index (χ3v) is 3.20. The number of carbonyl (C=O) groups is 1. The number of fused-ring (bicyclic) bond motifs is 1. The number of nitrogens with one attached hydrogen (secondary N) is 1. The fraction of sp³-hybridized carbons (Fsp3) is 0.545. The quantitative estimate of drug-likeness (QED) is 0.644. The van der Waals surface area contributed by atoms with Crippen molar-refractivity contribution in [2.24, 2.45) is 0 Å². The largest absolute Gasteiger partial charge is 0.465 e. The van der Waals surface area contributed by atoms with Gasteiger partial charge in [0.1, 0.15) is 11.2 Å². The molecule has 1 aromatic rings. The van der Waals surface area contributed by atoms with Crippen LogP contribution in [0.15, 0.2) is 4.79 Å². The Bertz CT molecular complexity index is 559. The fourth-order valence-electron chi connectivity index (χ4n) is 2.14. The number of hydrogen-bond acceptors (Lipinski definition) is 4. The Labute approximate surface area is 103 Å². The van der Waals surface area contributed by atoms with Gasteiger partial charge in [-0.2, -0.15) is 0 Å². The molecule has 0 fully saturated rings. The summed E-state index contributed by atoms with van der Waals surface area (Å²) in [5.41, 5.74) is 1.54. The van der Waals surface area contributed by atoms with Crippen LogP contribution >= 0.6 is 12.2 Å². The van der Waals surface area contributed by atoms with E-state index in [1.807, 2.05) is 0 Å². The van der Waals surface area contributed by atoms with E-state index in [1.165, 1.54) is 4.57 Å². The second-order valence-electron chi connectivity index (χ2n) is 3.93. The standard InChI is InChI=1S/C11H14N2O3S/c1-2-16-9(14)6-13-8-5-3-4-7(8)10(17)12-11(13)15/h2-6H2,1H3,(H,12,15,17). The van der Waals surface area contributed by atoms with E-state index in [9.17, 15) is 9.59 Å². The van der Waals surface area contributed by atoms with Gasteiger partial charge in [0, 0.05) is 11.3 Å². The number of nitrogens with zero attached hydrogens (tertiary/aromatic N) is 1. The zero-order valence-electron chi connectivity index (χ0n) is 9.62. The number of aromatic amines is 1. The lowest BCUT2D eigenvalue weighted by Gasteiger charge is -2.10. The van der Waals surface area contributed by atoms with E-state index in [1.54, 1.807) is 6.92 Å². The molecule has 92 valence electrons. The first kappa shape index (κ1) is 12.0. The minimum Gasteiger partial charge on any atom is -0.465 e. The van der Waals surface area contributed by atoms with Crippen LogP contribution in [-0.4, -0.2) is 22.1 Å². The highest BCUT2D eigenvalue weighted by molar-refractivity contribution is 7.71. The number of ether oxygens (including phenoxy) is 1. The molecule has 0 aromatic carbocycles. The Morgan fingerprint density at radius 3 is 3.00 bits per heavy atom. The van der Waals surface area contributed by atoms with Crippen LogP contribution in [0.5, 0.6) is 0 Å². The summed E-state index contributed by atoms with van der Waals surface area (Å²) < 4.78 is 6.80. The third kappa shape index (κ3) is 2.31. The van der Waals surface area contributed by atoms with Crippen molar-refractivity contribution in [2.75, 3.05) is 6.61 Å². The van der Waals surface area contributed by atoms with Crippen molar-refractivity contribution in [3.63, 3.8) is 0 Å². The molecule has 0 bridgehead atoms. The van der Waals surface area contributed by atoms with Gasteiger partial charge in [-0.1, -0.05) is 12.2 Å². The molecule has 0 aliphatic heterocycles. The molecule has 0 atom stereocenters. The van der Waals surface area contributed by atoms with Gasteiger partial charge >= 0.3 is 11.7 Å². The molecule has 0 saturated heterocycles. The molecule has 1 aliphatic rings. The lowest BCUT2D eigenvalue weighted by atomic mass is 10.2. The van der Waals surface area contributed by atoms with Gasteiger partial charge in [-0.15, -0.1) is 0 Å². The lowest BCUT2D eigenvalue weighted by molar-refractivity contribution is -0.143. The van der Waals surface area contributed by atoms with Crippen molar-refractivity contribution < 1.29 is 9.53 Å². The summed E-state index contributed by atoms with van der Waals surface area (Å²) in [6.07, 6.45) is 2.63. The normalized spacial score (nSPS) is 13.5. The summed E-state index contributed by atoms with van der Waals surface area (Å²) in [7, 11) is 0. The second-order valence-corrected chi connectivity index (χ2v) is 4.34. The summed E-state index contributed by atoms with van der Waals surface area (Å²) in [5.74, 6) is -0.394. The van der Waals surface area contributed by atoms with Crippen LogP contribution in [0.3, 0.4) is 0 Å². The maximum atomic E-state index is 11.8. The van der Waals surface area contributed by atoms with Gasteiger partial charge in [-0.25, -0.2) is 4.79 Å². The number of H-pyrrole nitrogens is 1. The van der Waals surface area contributed by atoms with Crippen molar-refractivity contribution >= 4 is 18.2 Å². The van der Waals surface area contributed by atoms with E-state index in [2.05, 4.69) is 4.98 Å². The van der Waals surface area contributed by atoms with Crippen LogP contribution < -0.4 is 5.69 Å². The van der Waals surface area contributed by atoms with E-state index in [0.29, 0.717) is 11.2 Å². The van der Waals surface area contributed by atoms with Gasteiger partial charge in [0.15, 0.2) is 0 Å². The van der Waals surface area contributed by atoms with E-state index in [0.717, 1.165) is 30.5 Å². The molecule has 0 radical (unpaired) electrons. The SMILES string of the molecule is CCOC(=O)Cn1c2c(c(=S)[nH]c1=O)CCC2. The molecular formula is C11H14N2O3S. The van der Waals surface area contributed by atoms with Crippen molar-refractivity contribution in [2.45, 2.75) is 32.7 Å². The predicted molar refractivity (Wildman–Crippen MR) is 64.5 cm³/mol. The number of aromatic nitrogens is 2. The van der Waals surface area contributed by atoms with Crippen LogP contribution in [0.2, 0.25) is 0 Å². The molecule has 2 rings (SSSR count). The second kappa shape index (κ2) is 4.83. The highest BCUT2D eigenvalue weighted by atomic mass is 32.1. The molecule has 5 nitrogen and oxygen atoms in total. The molecule has 0 unspecified atom stereocenters. The monoisotopic (exact) mass is 254 g/mol. The van der Waals surface area contributed by atoms with Gasteiger partial charge in [0.05, 0.1) is 6.61 Å². The highest BCUT2D eigenvalue weighted by Crippen LogP contribution is 2.20. The molecule has 1 aliphatic carbocycles. The summed E-state index contributed by atoms with van der Waals surface area (Å²) in [6.45, 7) is 2.02. The summed E-state index contributed by atoms with van der Waals surface area (Å²) in [6, 6.07) is 0. The topological polar surface area (TPSA) is 64.1 Å². The Kier molecular flexibility index (Phi) is 3.42. The number of hydrogen-bond donors (Lipinski definition) is 1. The van der Waals surface area contributed by atoms with E-state index in [-0.39, 0.29) is 12.2 Å². The van der Waals surface area contributed by atoms with Crippen LogP contribution in [0, 0.1) is 4.64 Å². The number of carbonyl (C=O) groups excluding carboxylic acids is 1. The first-order valence-electron chi connectivity index (χ1n) is 5.64. The fourth-order valence-corrected chi connectivity index (χ4v) is 2.44. The molecule has 0 amide bonds. The summed E-state index contributed by atoms with van der Waals surface area (Å²) in [4.78, 5) is 25.8. The Hall–Kier alpha value is -1.43. The van der Waals surface area contributed by atoms with Crippen molar-refractivity contribution in [1.82, 2.24) is 9.55 Å². The Morgan fingerprint density at radius 2 is 2.29 bits per heavy atom. The number of esters is 1.